The number of aryl methyl sites for hydroxylation is 1. The molecule has 3 N–H and O–H groups in total. The summed E-state index contributed by atoms with van der Waals surface area (Å²) in [6, 6.07) is 0. The summed E-state index contributed by atoms with van der Waals surface area (Å²) in [4.78, 5) is 6.13. The zero-order chi connectivity index (χ0) is 28.5. The van der Waals surface area contributed by atoms with Gasteiger partial charge in [-0.05, 0) is 98.5 Å². The van der Waals surface area contributed by atoms with Crippen molar-refractivity contribution in [1.29, 1.82) is 0 Å². The number of fused-ring (bicyclic) bond motifs is 1. The third-order valence-corrected chi connectivity index (χ3v) is 12.2. The number of unbranched alkanes of at least 4 members (excludes halogenated alkanes) is 2. The van der Waals surface area contributed by atoms with Crippen molar-refractivity contribution in [3.8, 4) is 0 Å². The molecule has 3 unspecified atom stereocenters. The van der Waals surface area contributed by atoms with Gasteiger partial charge in [-0.1, -0.05) is 70.1 Å². The molecule has 0 saturated heterocycles. The molecule has 0 bridgehead atoms. The van der Waals surface area contributed by atoms with Crippen molar-refractivity contribution >= 4 is 11.3 Å². The van der Waals surface area contributed by atoms with Crippen LogP contribution in [0.2, 0.25) is 0 Å². The van der Waals surface area contributed by atoms with Crippen LogP contribution in [0, 0.1) is 23.2 Å². The number of allylic oxidation sites excluding steroid dienone is 4. The van der Waals surface area contributed by atoms with Crippen LogP contribution in [-0.4, -0.2) is 38.6 Å². The largest absolute Gasteiger partial charge is 0.393 e. The third kappa shape index (κ3) is 6.00. The molecular formula is C35H51NO3S. The molecule has 4 fully saturated rings. The number of aromatic nitrogens is 1. The minimum Gasteiger partial charge on any atom is -0.393 e. The summed E-state index contributed by atoms with van der Waals surface area (Å²) in [6.45, 7) is 11.2. The Bertz CT molecular complexity index is 1140. The van der Waals surface area contributed by atoms with Gasteiger partial charge in [0.25, 0.3) is 0 Å². The van der Waals surface area contributed by atoms with Crippen molar-refractivity contribution in [2.24, 2.45) is 23.2 Å². The molecule has 4 aliphatic rings. The second-order valence-corrected chi connectivity index (χ2v) is 14.7. The van der Waals surface area contributed by atoms with Crippen LogP contribution in [0.1, 0.15) is 108 Å². The van der Waals surface area contributed by atoms with Crippen molar-refractivity contribution in [3.63, 3.8) is 0 Å². The van der Waals surface area contributed by atoms with Gasteiger partial charge in [0, 0.05) is 17.5 Å². The van der Waals surface area contributed by atoms with Gasteiger partial charge < -0.3 is 15.3 Å². The number of hydrogen-bond acceptors (Lipinski definition) is 5. The predicted octanol–water partition coefficient (Wildman–Crippen LogP) is 7.60. The van der Waals surface area contributed by atoms with Gasteiger partial charge in [0.05, 0.1) is 23.7 Å². The zero-order valence-corrected chi connectivity index (χ0v) is 25.8. The van der Waals surface area contributed by atoms with E-state index in [1.54, 1.807) is 0 Å². The second kappa shape index (κ2) is 12.4. The van der Waals surface area contributed by atoms with E-state index in [-0.39, 0.29) is 10.8 Å². The summed E-state index contributed by atoms with van der Waals surface area (Å²) in [5.41, 5.74) is 3.39. The van der Waals surface area contributed by atoms with Gasteiger partial charge in [0.1, 0.15) is 5.01 Å². The Morgan fingerprint density at radius 3 is 2.70 bits per heavy atom. The maximum Gasteiger partial charge on any atom is 0.102 e. The summed E-state index contributed by atoms with van der Waals surface area (Å²) in [5.74, 6) is 1.60. The molecule has 5 heteroatoms. The van der Waals surface area contributed by atoms with Crippen molar-refractivity contribution in [3.05, 3.63) is 63.7 Å². The van der Waals surface area contributed by atoms with Gasteiger partial charge in [-0.25, -0.2) is 4.98 Å². The molecule has 4 nitrogen and oxygen atoms in total. The molecule has 7 atom stereocenters. The van der Waals surface area contributed by atoms with Gasteiger partial charge in [0.15, 0.2) is 0 Å². The monoisotopic (exact) mass is 565 g/mol. The highest BCUT2D eigenvalue weighted by atomic mass is 32.1. The molecule has 4 saturated carbocycles. The summed E-state index contributed by atoms with van der Waals surface area (Å²) >= 11 is 1.82. The lowest BCUT2D eigenvalue weighted by Gasteiger charge is -2.44. The molecule has 1 heterocycles. The predicted molar refractivity (Wildman–Crippen MR) is 165 cm³/mol. The number of nitrogens with zero attached hydrogens (tertiary/aromatic N) is 1. The second-order valence-electron chi connectivity index (χ2n) is 13.6. The molecule has 5 rings (SSSR count). The zero-order valence-electron chi connectivity index (χ0n) is 24.9. The van der Waals surface area contributed by atoms with Crippen molar-refractivity contribution < 1.29 is 15.3 Å². The molecule has 0 amide bonds. The first-order valence-corrected chi connectivity index (χ1v) is 16.8. The lowest BCUT2D eigenvalue weighted by atomic mass is 9.61. The minimum absolute atomic E-state index is 0.162. The Labute approximate surface area is 246 Å². The van der Waals surface area contributed by atoms with Crippen LogP contribution in [0.5, 0.6) is 0 Å². The Kier molecular flexibility index (Phi) is 9.26. The van der Waals surface area contributed by atoms with Crippen LogP contribution < -0.4 is 0 Å². The summed E-state index contributed by atoms with van der Waals surface area (Å²) < 4.78 is 0. The summed E-state index contributed by atoms with van der Waals surface area (Å²) in [7, 11) is 0. The maximum absolute atomic E-state index is 11.3. The minimum atomic E-state index is -0.637. The highest BCUT2D eigenvalue weighted by Crippen LogP contribution is 2.60. The first-order valence-electron chi connectivity index (χ1n) is 15.9. The van der Waals surface area contributed by atoms with Gasteiger partial charge in [-0.15, -0.1) is 11.3 Å². The van der Waals surface area contributed by atoms with Crippen LogP contribution in [0.15, 0.2) is 53.8 Å². The molecule has 0 radical (unpaired) electrons. The number of hydrogen-bond donors (Lipinski definition) is 3. The number of rotatable bonds is 10. The van der Waals surface area contributed by atoms with Crippen molar-refractivity contribution in [2.45, 2.75) is 128 Å². The fourth-order valence-electron chi connectivity index (χ4n) is 8.18. The van der Waals surface area contributed by atoms with Crippen LogP contribution in [0.3, 0.4) is 0 Å². The van der Waals surface area contributed by atoms with E-state index in [4.69, 9.17) is 4.98 Å². The van der Waals surface area contributed by atoms with Gasteiger partial charge >= 0.3 is 0 Å². The smallest absolute Gasteiger partial charge is 0.102 e. The third-order valence-electron chi connectivity index (χ3n) is 10.9. The highest BCUT2D eigenvalue weighted by Gasteiger charge is 2.53. The van der Waals surface area contributed by atoms with Crippen LogP contribution >= 0.6 is 11.3 Å². The fraction of sp³-hybridized carbons (Fsp3) is 0.686. The maximum atomic E-state index is 11.3. The van der Waals surface area contributed by atoms with Gasteiger partial charge in [-0.2, -0.15) is 0 Å². The Balaban J connectivity index is 1.24. The molecular weight excluding hydrogens is 514 g/mol. The molecule has 0 aromatic carbocycles. The SMILES string of the molecule is C=C1C(=CC=C2CCC[C@]3(C)[C@@H]([C@H](C)C=CC(O)C4(c5ncc(CCCCC)s5)CC4)CC[C@@H]23)CC(O)CC1O. The van der Waals surface area contributed by atoms with E-state index in [0.29, 0.717) is 30.6 Å². The first kappa shape index (κ1) is 29.9. The van der Waals surface area contributed by atoms with E-state index in [1.165, 1.54) is 55.4 Å². The average molecular weight is 566 g/mol. The normalized spacial score (nSPS) is 35.4. The molecule has 40 heavy (non-hydrogen) atoms. The van der Waals surface area contributed by atoms with E-state index >= 15 is 0 Å². The standard InChI is InChI=1S/C35H51NO3S/c1-5-6-7-10-28-22-36-33(40-28)35(18-19-35)32(39)16-11-23(2)29-14-15-30-25(9-8-17-34(29,30)4)12-13-26-20-27(37)21-31(38)24(26)3/h11-13,16,22-23,27,29-32,37-39H,3,5-10,14-15,17-21H2,1-2,4H3/t23-,27?,29-,30+,31?,32?,34-/m1/s1. The van der Waals surface area contributed by atoms with Crippen LogP contribution in [-0.2, 0) is 11.8 Å². The Morgan fingerprint density at radius 1 is 1.15 bits per heavy atom. The van der Waals surface area contributed by atoms with Gasteiger partial charge in [0.2, 0.25) is 0 Å². The number of thiazole rings is 1. The lowest BCUT2D eigenvalue weighted by Crippen LogP contribution is -2.35. The average Bonchev–Trinajstić information content (AvgIpc) is 3.46. The molecule has 220 valence electrons. The lowest BCUT2D eigenvalue weighted by molar-refractivity contribution is 0.0862. The van der Waals surface area contributed by atoms with E-state index < -0.39 is 18.3 Å². The fourth-order valence-corrected chi connectivity index (χ4v) is 9.41. The van der Waals surface area contributed by atoms with Crippen LogP contribution in [0.25, 0.3) is 0 Å². The number of aliphatic hydroxyl groups excluding tert-OH is 3. The highest BCUT2D eigenvalue weighted by molar-refractivity contribution is 7.11. The van der Waals surface area contributed by atoms with E-state index in [9.17, 15) is 15.3 Å². The Morgan fingerprint density at radius 2 is 1.95 bits per heavy atom. The van der Waals surface area contributed by atoms with Gasteiger partial charge in [-0.3, -0.25) is 0 Å². The summed E-state index contributed by atoms with van der Waals surface area (Å²) in [6.07, 6.45) is 23.2. The summed E-state index contributed by atoms with van der Waals surface area (Å²) in [5, 5.41) is 32.8. The quantitative estimate of drug-likeness (QED) is 0.202. The molecule has 0 spiro atoms. The van der Waals surface area contributed by atoms with Crippen LogP contribution in [0.4, 0.5) is 0 Å². The molecule has 1 aromatic rings. The van der Waals surface area contributed by atoms with E-state index in [2.05, 4.69) is 51.7 Å². The topological polar surface area (TPSA) is 73.6 Å². The molecule has 0 aliphatic heterocycles. The molecule has 1 aromatic heterocycles. The Hall–Kier alpha value is -1.53. The molecule has 4 aliphatic carbocycles. The number of aliphatic hydroxyl groups is 3. The first-order chi connectivity index (χ1) is 19.2. The van der Waals surface area contributed by atoms with Crippen molar-refractivity contribution in [2.75, 3.05) is 0 Å². The van der Waals surface area contributed by atoms with E-state index in [1.807, 2.05) is 17.5 Å². The van der Waals surface area contributed by atoms with Crippen molar-refractivity contribution in [1.82, 2.24) is 4.98 Å². The van der Waals surface area contributed by atoms with E-state index in [0.717, 1.165) is 41.8 Å².